The van der Waals surface area contributed by atoms with Crippen LogP contribution in [0.4, 0.5) is 0 Å². The van der Waals surface area contributed by atoms with Crippen molar-refractivity contribution in [3.05, 3.63) is 103 Å². The molecule has 5 nitrogen and oxygen atoms in total. The van der Waals surface area contributed by atoms with Crippen molar-refractivity contribution < 1.29 is 4.74 Å². The van der Waals surface area contributed by atoms with Gasteiger partial charge >= 0.3 is 0 Å². The van der Waals surface area contributed by atoms with Crippen LogP contribution >= 0.6 is 11.8 Å². The van der Waals surface area contributed by atoms with Gasteiger partial charge in [0.2, 0.25) is 0 Å². The molecule has 5 rings (SSSR count). The first-order valence-electron chi connectivity index (χ1n) is 11.6. The number of fused-ring (bicyclic) bond motifs is 1. The van der Waals surface area contributed by atoms with Crippen LogP contribution in [0.15, 0.2) is 96.7 Å². The quantitative estimate of drug-likeness (QED) is 0.235. The van der Waals surface area contributed by atoms with Crippen LogP contribution in [-0.2, 0) is 13.2 Å². The summed E-state index contributed by atoms with van der Waals surface area (Å²) in [5.74, 6) is 0.853. The van der Waals surface area contributed by atoms with Crippen LogP contribution in [0, 0.1) is 0 Å². The molecule has 0 N–H and O–H groups in total. The number of nitrogens with zero attached hydrogens (tertiary/aromatic N) is 4. The second kappa shape index (κ2) is 9.92. The molecule has 0 bridgehead atoms. The van der Waals surface area contributed by atoms with Gasteiger partial charge in [0.15, 0.2) is 0 Å². The minimum Gasteiger partial charge on any atom is -0.487 e. The van der Waals surface area contributed by atoms with E-state index >= 15 is 0 Å². The highest BCUT2D eigenvalue weighted by Crippen LogP contribution is 2.39. The summed E-state index contributed by atoms with van der Waals surface area (Å²) in [5, 5.41) is 1.21. The summed E-state index contributed by atoms with van der Waals surface area (Å²) in [6.07, 6.45) is 9.29. The van der Waals surface area contributed by atoms with E-state index in [4.69, 9.17) is 4.74 Å². The van der Waals surface area contributed by atoms with E-state index in [1.165, 1.54) is 21.4 Å². The summed E-state index contributed by atoms with van der Waals surface area (Å²) in [7, 11) is 0. The van der Waals surface area contributed by atoms with Gasteiger partial charge in [-0.3, -0.25) is 4.98 Å². The molecule has 3 heterocycles. The molecular weight excluding hydrogens is 452 g/mol. The van der Waals surface area contributed by atoms with Crippen LogP contribution in [0.25, 0.3) is 22.0 Å². The third-order valence-electron chi connectivity index (χ3n) is 5.55. The molecule has 176 valence electrons. The molecule has 5 aromatic rings. The Hall–Kier alpha value is -3.64. The molecule has 2 aromatic carbocycles. The van der Waals surface area contributed by atoms with Crippen molar-refractivity contribution in [1.29, 1.82) is 0 Å². The molecule has 0 fully saturated rings. The molecule has 3 aromatic heterocycles. The minimum atomic E-state index is 0.101. The Morgan fingerprint density at radius 2 is 1.71 bits per heavy atom. The number of hydrogen-bond acceptors (Lipinski definition) is 5. The molecule has 0 spiro atoms. The third kappa shape index (κ3) is 5.72. The molecule has 35 heavy (non-hydrogen) atoms. The number of benzene rings is 2. The van der Waals surface area contributed by atoms with Gasteiger partial charge in [0.1, 0.15) is 18.7 Å². The van der Waals surface area contributed by atoms with E-state index in [9.17, 15) is 0 Å². The highest BCUT2D eigenvalue weighted by molar-refractivity contribution is 8.00. The van der Waals surface area contributed by atoms with Crippen molar-refractivity contribution in [2.45, 2.75) is 43.6 Å². The predicted octanol–water partition coefficient (Wildman–Crippen LogP) is 7.01. The zero-order valence-electron chi connectivity index (χ0n) is 20.2. The number of pyridine rings is 1. The van der Waals surface area contributed by atoms with Crippen LogP contribution in [0.5, 0.6) is 5.75 Å². The molecule has 0 radical (unpaired) electrons. The lowest BCUT2D eigenvalue weighted by Crippen LogP contribution is -2.06. The lowest BCUT2D eigenvalue weighted by Gasteiger charge is -2.16. The fraction of sp³-hybridized carbons (Fsp3) is 0.207. The highest BCUT2D eigenvalue weighted by atomic mass is 32.2. The molecule has 6 heteroatoms. The van der Waals surface area contributed by atoms with Gasteiger partial charge < -0.3 is 9.30 Å². The third-order valence-corrected chi connectivity index (χ3v) is 6.70. The maximum atomic E-state index is 6.08. The Morgan fingerprint density at radius 3 is 2.43 bits per heavy atom. The van der Waals surface area contributed by atoms with Crippen molar-refractivity contribution >= 4 is 22.7 Å². The van der Waals surface area contributed by atoms with E-state index in [0.29, 0.717) is 6.61 Å². The van der Waals surface area contributed by atoms with E-state index in [1.807, 2.05) is 48.4 Å². The summed E-state index contributed by atoms with van der Waals surface area (Å²) < 4.78 is 8.50. The second-order valence-corrected chi connectivity index (χ2v) is 11.3. The van der Waals surface area contributed by atoms with E-state index in [0.717, 1.165) is 29.1 Å². The van der Waals surface area contributed by atoms with Gasteiger partial charge in [0.25, 0.3) is 0 Å². The van der Waals surface area contributed by atoms with Crippen LogP contribution in [-0.4, -0.2) is 24.3 Å². The van der Waals surface area contributed by atoms with Crippen LogP contribution in [0.1, 0.15) is 32.0 Å². The highest BCUT2D eigenvalue weighted by Gasteiger charge is 2.18. The molecular formula is C29H28N4OS. The monoisotopic (exact) mass is 480 g/mol. The summed E-state index contributed by atoms with van der Waals surface area (Å²) in [6, 6.07) is 20.8. The van der Waals surface area contributed by atoms with Gasteiger partial charge in [-0.05, 0) is 41.5 Å². The van der Waals surface area contributed by atoms with Crippen LogP contribution in [0.3, 0.4) is 0 Å². The lowest BCUT2D eigenvalue weighted by atomic mass is 10.1. The Bertz CT molecular complexity index is 1410. The van der Waals surface area contributed by atoms with Crippen molar-refractivity contribution in [3.63, 3.8) is 0 Å². The summed E-state index contributed by atoms with van der Waals surface area (Å²) >= 11 is 1.88. The van der Waals surface area contributed by atoms with Gasteiger partial charge in [-0.15, -0.1) is 11.8 Å². The van der Waals surface area contributed by atoms with E-state index < -0.39 is 0 Å². The van der Waals surface area contributed by atoms with Gasteiger partial charge in [-0.1, -0.05) is 51.1 Å². The van der Waals surface area contributed by atoms with Crippen LogP contribution in [0.2, 0.25) is 0 Å². The van der Waals surface area contributed by atoms with E-state index in [1.54, 1.807) is 12.5 Å². The Morgan fingerprint density at radius 1 is 0.914 bits per heavy atom. The fourth-order valence-corrected chi connectivity index (χ4v) is 5.08. The number of ether oxygens (including phenoxy) is 1. The van der Waals surface area contributed by atoms with Crippen molar-refractivity contribution in [1.82, 2.24) is 19.5 Å². The fourth-order valence-electron chi connectivity index (χ4n) is 3.96. The van der Waals surface area contributed by atoms with Gasteiger partial charge in [0.05, 0.1) is 5.69 Å². The Balaban J connectivity index is 1.42. The molecule has 0 aliphatic carbocycles. The summed E-state index contributed by atoms with van der Waals surface area (Å²) in [6.45, 7) is 7.98. The zero-order valence-corrected chi connectivity index (χ0v) is 21.0. The first kappa shape index (κ1) is 23.1. The first-order chi connectivity index (χ1) is 16.9. The molecule has 0 aliphatic rings. The number of aromatic nitrogens is 4. The number of hydrogen-bond donors (Lipinski definition) is 0. The molecule has 0 unspecified atom stereocenters. The summed E-state index contributed by atoms with van der Waals surface area (Å²) in [5.41, 5.74) is 5.49. The van der Waals surface area contributed by atoms with Crippen molar-refractivity contribution in [2.24, 2.45) is 0 Å². The molecule has 0 saturated carbocycles. The first-order valence-corrected chi connectivity index (χ1v) is 12.5. The average Bonchev–Trinajstić information content (AvgIpc) is 3.19. The Labute approximate surface area is 210 Å². The molecule has 0 amide bonds. The Kier molecular flexibility index (Phi) is 6.55. The lowest BCUT2D eigenvalue weighted by molar-refractivity contribution is 0.301. The SMILES string of the molecule is CC(C)(C)Sc1cn(Cc2ccc(-c3cncnc3)cc2)c2ccc(OCc3ccccn3)cc12. The minimum absolute atomic E-state index is 0.101. The van der Waals surface area contributed by atoms with Gasteiger partial charge in [-0.2, -0.15) is 0 Å². The van der Waals surface area contributed by atoms with Crippen molar-refractivity contribution in [2.75, 3.05) is 0 Å². The molecule has 0 saturated heterocycles. The number of thioether (sulfide) groups is 1. The van der Waals surface area contributed by atoms with Crippen molar-refractivity contribution in [3.8, 4) is 16.9 Å². The van der Waals surface area contributed by atoms with Gasteiger partial charge in [-0.25, -0.2) is 9.97 Å². The van der Waals surface area contributed by atoms with E-state index in [2.05, 4.69) is 82.9 Å². The molecule has 0 aliphatic heterocycles. The summed E-state index contributed by atoms with van der Waals surface area (Å²) in [4.78, 5) is 13.9. The normalized spacial score (nSPS) is 11.6. The standard InChI is InChI=1S/C29H28N4OS/c1-29(2,3)35-28-18-33(17-21-7-9-22(10-8-21)23-15-30-20-31-16-23)27-12-11-25(14-26(27)28)34-19-24-6-4-5-13-32-24/h4-16,18,20H,17,19H2,1-3H3. The maximum Gasteiger partial charge on any atom is 0.130 e. The van der Waals surface area contributed by atoms with Crippen LogP contribution < -0.4 is 4.74 Å². The number of rotatable bonds is 7. The maximum absolute atomic E-state index is 6.08. The topological polar surface area (TPSA) is 52.8 Å². The second-order valence-electron chi connectivity index (χ2n) is 9.45. The average molecular weight is 481 g/mol. The zero-order chi connectivity index (χ0) is 24.3. The van der Waals surface area contributed by atoms with E-state index in [-0.39, 0.29) is 4.75 Å². The van der Waals surface area contributed by atoms with Gasteiger partial charge in [0, 0.05) is 57.4 Å². The smallest absolute Gasteiger partial charge is 0.130 e. The largest absolute Gasteiger partial charge is 0.487 e. The predicted molar refractivity (Wildman–Crippen MR) is 143 cm³/mol. The molecule has 0 atom stereocenters.